The number of aromatic nitrogens is 5. The second kappa shape index (κ2) is 5.96. The Morgan fingerprint density at radius 1 is 1.08 bits per heavy atom. The van der Waals surface area contributed by atoms with Crippen molar-refractivity contribution in [1.29, 1.82) is 0 Å². The number of aryl methyl sites for hydroxylation is 1. The van der Waals surface area contributed by atoms with Crippen molar-refractivity contribution in [3.05, 3.63) is 60.4 Å². The first-order valence-corrected chi connectivity index (χ1v) is 7.34. The van der Waals surface area contributed by atoms with E-state index < -0.39 is 0 Å². The van der Waals surface area contributed by atoms with Gasteiger partial charge in [-0.3, -0.25) is 5.10 Å². The fraction of sp³-hybridized carbons (Fsp3) is 0.0588. The SMILES string of the molecule is Cc1cc(-c2nc(-c3cccnc3Oc3ccccc3)no2)n[nH]1. The lowest BCUT2D eigenvalue weighted by atomic mass is 10.2. The van der Waals surface area contributed by atoms with Crippen LogP contribution in [0, 0.1) is 6.92 Å². The standard InChI is InChI=1S/C17H13N5O2/c1-11-10-14(21-20-11)17-19-15(22-24-17)13-8-5-9-18-16(13)23-12-6-3-2-4-7-12/h2-10H,1H3,(H,20,21). The number of rotatable bonds is 4. The number of para-hydroxylation sites is 1. The lowest BCUT2D eigenvalue weighted by Gasteiger charge is -2.06. The molecule has 1 aromatic carbocycles. The molecule has 4 aromatic rings. The third kappa shape index (κ3) is 2.74. The molecule has 0 aliphatic heterocycles. The van der Waals surface area contributed by atoms with Crippen LogP contribution in [0.5, 0.6) is 11.6 Å². The van der Waals surface area contributed by atoms with Gasteiger partial charge in [-0.05, 0) is 37.3 Å². The molecule has 3 aromatic heterocycles. The van der Waals surface area contributed by atoms with Gasteiger partial charge in [0.05, 0.1) is 5.56 Å². The minimum Gasteiger partial charge on any atom is -0.438 e. The number of benzene rings is 1. The molecule has 1 N–H and O–H groups in total. The summed E-state index contributed by atoms with van der Waals surface area (Å²) in [5.41, 5.74) is 2.16. The number of pyridine rings is 1. The Bertz CT molecular complexity index is 962. The van der Waals surface area contributed by atoms with E-state index in [1.54, 1.807) is 12.3 Å². The number of nitrogens with one attached hydrogen (secondary N) is 1. The van der Waals surface area contributed by atoms with Crippen molar-refractivity contribution >= 4 is 0 Å². The maximum atomic E-state index is 5.83. The molecule has 0 radical (unpaired) electrons. The van der Waals surface area contributed by atoms with Gasteiger partial charge in [0.2, 0.25) is 11.7 Å². The summed E-state index contributed by atoms with van der Waals surface area (Å²) in [5.74, 6) is 1.83. The molecule has 0 fully saturated rings. The average Bonchev–Trinajstić information content (AvgIpc) is 3.25. The first-order valence-electron chi connectivity index (χ1n) is 7.34. The van der Waals surface area contributed by atoms with E-state index in [-0.39, 0.29) is 0 Å². The molecular formula is C17H13N5O2. The maximum absolute atomic E-state index is 5.83. The molecule has 0 aliphatic rings. The normalized spacial score (nSPS) is 10.7. The van der Waals surface area contributed by atoms with E-state index in [4.69, 9.17) is 9.26 Å². The largest absolute Gasteiger partial charge is 0.438 e. The van der Waals surface area contributed by atoms with Gasteiger partial charge in [0.25, 0.3) is 5.89 Å². The van der Waals surface area contributed by atoms with Crippen molar-refractivity contribution in [3.8, 4) is 34.6 Å². The van der Waals surface area contributed by atoms with Crippen molar-refractivity contribution in [2.45, 2.75) is 6.92 Å². The highest BCUT2D eigenvalue weighted by atomic mass is 16.5. The van der Waals surface area contributed by atoms with Gasteiger partial charge < -0.3 is 9.26 Å². The molecule has 7 nitrogen and oxygen atoms in total. The fourth-order valence-electron chi connectivity index (χ4n) is 2.21. The van der Waals surface area contributed by atoms with Crippen LogP contribution in [-0.2, 0) is 0 Å². The van der Waals surface area contributed by atoms with Gasteiger partial charge in [-0.2, -0.15) is 10.1 Å². The number of hydrogen-bond acceptors (Lipinski definition) is 6. The zero-order valence-corrected chi connectivity index (χ0v) is 12.8. The van der Waals surface area contributed by atoms with E-state index in [0.717, 1.165) is 5.69 Å². The maximum Gasteiger partial charge on any atom is 0.278 e. The topological polar surface area (TPSA) is 89.7 Å². The monoisotopic (exact) mass is 319 g/mol. The van der Waals surface area contributed by atoms with E-state index in [1.165, 1.54) is 0 Å². The van der Waals surface area contributed by atoms with Crippen molar-refractivity contribution < 1.29 is 9.26 Å². The quantitative estimate of drug-likeness (QED) is 0.618. The van der Waals surface area contributed by atoms with Crippen molar-refractivity contribution in [2.24, 2.45) is 0 Å². The molecule has 0 saturated heterocycles. The number of hydrogen-bond donors (Lipinski definition) is 1. The minimum absolute atomic E-state index is 0.337. The molecule has 3 heterocycles. The predicted molar refractivity (Wildman–Crippen MR) is 86.4 cm³/mol. The van der Waals surface area contributed by atoms with Gasteiger partial charge in [-0.1, -0.05) is 23.4 Å². The van der Waals surface area contributed by atoms with Gasteiger partial charge in [-0.15, -0.1) is 0 Å². The van der Waals surface area contributed by atoms with Crippen LogP contribution in [-0.4, -0.2) is 25.3 Å². The summed E-state index contributed by atoms with van der Waals surface area (Å²) in [5, 5.41) is 11.0. The lowest BCUT2D eigenvalue weighted by molar-refractivity contribution is 0.429. The number of ether oxygens (including phenoxy) is 1. The molecule has 0 atom stereocenters. The number of nitrogens with zero attached hydrogens (tertiary/aromatic N) is 4. The minimum atomic E-state index is 0.337. The average molecular weight is 319 g/mol. The highest BCUT2D eigenvalue weighted by Crippen LogP contribution is 2.30. The predicted octanol–water partition coefficient (Wildman–Crippen LogP) is 3.62. The van der Waals surface area contributed by atoms with E-state index >= 15 is 0 Å². The molecule has 118 valence electrons. The third-order valence-electron chi connectivity index (χ3n) is 3.32. The van der Waals surface area contributed by atoms with Crippen LogP contribution in [0.1, 0.15) is 5.69 Å². The summed E-state index contributed by atoms with van der Waals surface area (Å²) in [6.07, 6.45) is 1.65. The molecule has 7 heteroatoms. The number of H-pyrrole nitrogens is 1. The summed E-state index contributed by atoms with van der Waals surface area (Å²) < 4.78 is 11.1. The van der Waals surface area contributed by atoms with Crippen LogP contribution >= 0.6 is 0 Å². The molecule has 0 saturated carbocycles. The zero-order valence-electron chi connectivity index (χ0n) is 12.8. The van der Waals surface area contributed by atoms with Crippen molar-refractivity contribution in [2.75, 3.05) is 0 Å². The Balaban J connectivity index is 1.69. The fourth-order valence-corrected chi connectivity index (χ4v) is 2.21. The van der Waals surface area contributed by atoms with E-state index in [1.807, 2.05) is 49.4 Å². The Morgan fingerprint density at radius 3 is 2.75 bits per heavy atom. The molecule has 0 amide bonds. The number of aromatic amines is 1. The molecule has 4 rings (SSSR count). The lowest BCUT2D eigenvalue weighted by Crippen LogP contribution is -1.92. The molecule has 0 spiro atoms. The second-order valence-electron chi connectivity index (χ2n) is 5.13. The zero-order chi connectivity index (χ0) is 16.4. The van der Waals surface area contributed by atoms with Crippen molar-refractivity contribution in [1.82, 2.24) is 25.3 Å². The third-order valence-corrected chi connectivity index (χ3v) is 3.32. The van der Waals surface area contributed by atoms with Crippen molar-refractivity contribution in [3.63, 3.8) is 0 Å². The first-order chi connectivity index (χ1) is 11.8. The summed E-state index contributed by atoms with van der Waals surface area (Å²) >= 11 is 0. The molecule has 24 heavy (non-hydrogen) atoms. The van der Waals surface area contributed by atoms with Gasteiger partial charge in [0.15, 0.2) is 5.69 Å². The summed E-state index contributed by atoms with van der Waals surface area (Å²) in [6, 6.07) is 14.9. The van der Waals surface area contributed by atoms with Gasteiger partial charge >= 0.3 is 0 Å². The van der Waals surface area contributed by atoms with Crippen LogP contribution < -0.4 is 4.74 Å². The summed E-state index contributed by atoms with van der Waals surface area (Å²) in [4.78, 5) is 8.66. The highest BCUT2D eigenvalue weighted by molar-refractivity contribution is 5.63. The first kappa shape index (κ1) is 14.1. The van der Waals surface area contributed by atoms with E-state index in [0.29, 0.717) is 34.6 Å². The molecule has 0 bridgehead atoms. The molecular weight excluding hydrogens is 306 g/mol. The Kier molecular flexibility index (Phi) is 3.51. The molecule has 0 aliphatic carbocycles. The van der Waals surface area contributed by atoms with Gasteiger partial charge in [0.1, 0.15) is 5.75 Å². The van der Waals surface area contributed by atoms with E-state index in [9.17, 15) is 0 Å². The van der Waals surface area contributed by atoms with Crippen LogP contribution in [0.2, 0.25) is 0 Å². The summed E-state index contributed by atoms with van der Waals surface area (Å²) in [6.45, 7) is 1.90. The molecule has 0 unspecified atom stereocenters. The van der Waals surface area contributed by atoms with Gasteiger partial charge in [-0.25, -0.2) is 4.98 Å². The van der Waals surface area contributed by atoms with E-state index in [2.05, 4.69) is 25.3 Å². The Morgan fingerprint density at radius 2 is 1.96 bits per heavy atom. The smallest absolute Gasteiger partial charge is 0.278 e. The van der Waals surface area contributed by atoms with Crippen LogP contribution in [0.3, 0.4) is 0 Å². The van der Waals surface area contributed by atoms with Crippen LogP contribution in [0.25, 0.3) is 23.0 Å². The Hall–Kier alpha value is -3.48. The van der Waals surface area contributed by atoms with Gasteiger partial charge in [0, 0.05) is 11.9 Å². The highest BCUT2D eigenvalue weighted by Gasteiger charge is 2.17. The second-order valence-corrected chi connectivity index (χ2v) is 5.13. The van der Waals surface area contributed by atoms with Crippen LogP contribution in [0.4, 0.5) is 0 Å². The summed E-state index contributed by atoms with van der Waals surface area (Å²) in [7, 11) is 0. The van der Waals surface area contributed by atoms with Crippen LogP contribution in [0.15, 0.2) is 59.3 Å². The Labute approximate surface area is 137 Å².